The van der Waals surface area contributed by atoms with Crippen LogP contribution in [-0.4, -0.2) is 25.2 Å². The van der Waals surface area contributed by atoms with Gasteiger partial charge in [0.05, 0.1) is 0 Å². The van der Waals surface area contributed by atoms with E-state index in [4.69, 9.17) is 11.6 Å². The molecule has 0 spiro atoms. The average Bonchev–Trinajstić information content (AvgIpc) is 2.76. The van der Waals surface area contributed by atoms with Crippen LogP contribution in [0.15, 0.2) is 18.2 Å². The highest BCUT2D eigenvalue weighted by Gasteiger charge is 2.16. The molecule has 3 N–H and O–H groups in total. The lowest BCUT2D eigenvalue weighted by molar-refractivity contribution is 0.249. The van der Waals surface area contributed by atoms with Crippen LogP contribution in [0.3, 0.4) is 0 Å². The summed E-state index contributed by atoms with van der Waals surface area (Å²) in [7, 11) is 0. The van der Waals surface area contributed by atoms with Gasteiger partial charge in [-0.2, -0.15) is 0 Å². The molecule has 0 saturated carbocycles. The number of benzene rings is 1. The molecule has 2 amide bonds. The van der Waals surface area contributed by atoms with Crippen molar-refractivity contribution in [1.82, 2.24) is 10.6 Å². The summed E-state index contributed by atoms with van der Waals surface area (Å²) in [5, 5.41) is 9.53. The summed E-state index contributed by atoms with van der Waals surface area (Å²) in [5.41, 5.74) is 1.71. The van der Waals surface area contributed by atoms with Crippen molar-refractivity contribution >= 4 is 23.3 Å². The van der Waals surface area contributed by atoms with Gasteiger partial charge in [-0.15, -0.1) is 0 Å². The van der Waals surface area contributed by atoms with Crippen LogP contribution in [-0.2, 0) is 0 Å². The van der Waals surface area contributed by atoms with Crippen molar-refractivity contribution < 1.29 is 4.79 Å². The zero-order valence-electron chi connectivity index (χ0n) is 9.72. The van der Waals surface area contributed by atoms with E-state index in [1.54, 1.807) is 6.07 Å². The molecule has 1 heterocycles. The Morgan fingerprint density at radius 1 is 1.53 bits per heavy atom. The molecule has 2 rings (SSSR count). The van der Waals surface area contributed by atoms with Crippen LogP contribution in [0.2, 0.25) is 5.02 Å². The number of carbonyl (C=O) groups excluding carboxylic acids is 1. The number of amides is 2. The Bertz CT molecular complexity index is 416. The molecule has 1 aromatic carbocycles. The predicted molar refractivity (Wildman–Crippen MR) is 69.6 cm³/mol. The molecule has 1 aliphatic heterocycles. The third-order valence-electron chi connectivity index (χ3n) is 2.83. The maximum absolute atomic E-state index is 11.7. The summed E-state index contributed by atoms with van der Waals surface area (Å²) in [6.45, 7) is 3.72. The van der Waals surface area contributed by atoms with Gasteiger partial charge in [-0.3, -0.25) is 0 Å². The number of urea groups is 1. The number of hydrogen-bond donors (Lipinski definition) is 3. The van der Waals surface area contributed by atoms with Crippen LogP contribution in [0.4, 0.5) is 10.5 Å². The van der Waals surface area contributed by atoms with E-state index in [9.17, 15) is 4.79 Å². The molecule has 1 aromatic rings. The second-order valence-electron chi connectivity index (χ2n) is 4.25. The van der Waals surface area contributed by atoms with Gasteiger partial charge in [-0.05, 0) is 37.6 Å². The normalized spacial score (nSPS) is 19.1. The SMILES string of the molecule is Cc1ccc(NC(=O)NC2CCNC2)cc1Cl. The minimum Gasteiger partial charge on any atom is -0.334 e. The highest BCUT2D eigenvalue weighted by Crippen LogP contribution is 2.19. The second kappa shape index (κ2) is 5.38. The van der Waals surface area contributed by atoms with E-state index in [2.05, 4.69) is 16.0 Å². The zero-order valence-corrected chi connectivity index (χ0v) is 10.5. The largest absolute Gasteiger partial charge is 0.334 e. The van der Waals surface area contributed by atoms with Crippen LogP contribution < -0.4 is 16.0 Å². The van der Waals surface area contributed by atoms with Gasteiger partial charge in [0.1, 0.15) is 0 Å². The van der Waals surface area contributed by atoms with Crippen LogP contribution in [0.25, 0.3) is 0 Å². The number of aryl methyl sites for hydroxylation is 1. The van der Waals surface area contributed by atoms with Gasteiger partial charge < -0.3 is 16.0 Å². The Kier molecular flexibility index (Phi) is 3.86. The van der Waals surface area contributed by atoms with Crippen molar-refractivity contribution in [2.45, 2.75) is 19.4 Å². The maximum atomic E-state index is 11.7. The van der Waals surface area contributed by atoms with E-state index in [1.807, 2.05) is 19.1 Å². The molecule has 0 aliphatic carbocycles. The van der Waals surface area contributed by atoms with Gasteiger partial charge in [0.25, 0.3) is 0 Å². The molecule has 1 fully saturated rings. The van der Waals surface area contributed by atoms with Crippen molar-refractivity contribution in [2.75, 3.05) is 18.4 Å². The third kappa shape index (κ3) is 3.35. The summed E-state index contributed by atoms with van der Waals surface area (Å²) >= 11 is 5.99. The molecular weight excluding hydrogens is 238 g/mol. The lowest BCUT2D eigenvalue weighted by atomic mass is 10.2. The molecular formula is C12H16ClN3O. The monoisotopic (exact) mass is 253 g/mol. The smallest absolute Gasteiger partial charge is 0.319 e. The minimum atomic E-state index is -0.182. The molecule has 0 radical (unpaired) electrons. The highest BCUT2D eigenvalue weighted by molar-refractivity contribution is 6.31. The standard InChI is InChI=1S/C12H16ClN3O/c1-8-2-3-9(6-11(8)13)15-12(17)16-10-4-5-14-7-10/h2-3,6,10,14H,4-5,7H2,1H3,(H2,15,16,17). The zero-order chi connectivity index (χ0) is 12.3. The first-order valence-electron chi connectivity index (χ1n) is 5.69. The molecule has 1 saturated heterocycles. The first-order chi connectivity index (χ1) is 8.15. The van der Waals surface area contributed by atoms with Gasteiger partial charge >= 0.3 is 6.03 Å². The minimum absolute atomic E-state index is 0.182. The van der Waals surface area contributed by atoms with E-state index in [-0.39, 0.29) is 12.1 Å². The number of rotatable bonds is 2. The predicted octanol–water partition coefficient (Wildman–Crippen LogP) is 2.13. The Morgan fingerprint density at radius 2 is 2.35 bits per heavy atom. The Morgan fingerprint density at radius 3 is 3.00 bits per heavy atom. The number of anilines is 1. The van der Waals surface area contributed by atoms with Gasteiger partial charge in [0, 0.05) is 23.3 Å². The lowest BCUT2D eigenvalue weighted by Gasteiger charge is -2.12. The van der Waals surface area contributed by atoms with Crippen molar-refractivity contribution in [3.63, 3.8) is 0 Å². The van der Waals surface area contributed by atoms with Crippen LogP contribution in [0, 0.1) is 6.92 Å². The second-order valence-corrected chi connectivity index (χ2v) is 4.66. The highest BCUT2D eigenvalue weighted by atomic mass is 35.5. The number of hydrogen-bond acceptors (Lipinski definition) is 2. The van der Waals surface area contributed by atoms with E-state index in [0.29, 0.717) is 10.7 Å². The molecule has 4 nitrogen and oxygen atoms in total. The van der Waals surface area contributed by atoms with Crippen LogP contribution >= 0.6 is 11.6 Å². The summed E-state index contributed by atoms with van der Waals surface area (Å²) in [4.78, 5) is 11.7. The van der Waals surface area contributed by atoms with Crippen molar-refractivity contribution in [3.8, 4) is 0 Å². The first-order valence-corrected chi connectivity index (χ1v) is 6.07. The van der Waals surface area contributed by atoms with E-state index < -0.39 is 0 Å². The summed E-state index contributed by atoms with van der Waals surface area (Å²) < 4.78 is 0. The summed E-state index contributed by atoms with van der Waals surface area (Å²) in [6.07, 6.45) is 0.974. The summed E-state index contributed by atoms with van der Waals surface area (Å²) in [6, 6.07) is 5.51. The maximum Gasteiger partial charge on any atom is 0.319 e. The van der Waals surface area contributed by atoms with Gasteiger partial charge in [-0.1, -0.05) is 17.7 Å². The first kappa shape index (κ1) is 12.2. The Hall–Kier alpha value is -1.26. The molecule has 1 unspecified atom stereocenters. The molecule has 92 valence electrons. The van der Waals surface area contributed by atoms with Crippen molar-refractivity contribution in [2.24, 2.45) is 0 Å². The topological polar surface area (TPSA) is 53.2 Å². The van der Waals surface area contributed by atoms with Crippen LogP contribution in [0.1, 0.15) is 12.0 Å². The molecule has 0 bridgehead atoms. The summed E-state index contributed by atoms with van der Waals surface area (Å²) in [5.74, 6) is 0. The van der Waals surface area contributed by atoms with Crippen molar-refractivity contribution in [3.05, 3.63) is 28.8 Å². The quantitative estimate of drug-likeness (QED) is 0.756. The molecule has 17 heavy (non-hydrogen) atoms. The molecule has 1 aliphatic rings. The number of nitrogens with one attached hydrogen (secondary N) is 3. The molecule has 0 aromatic heterocycles. The fourth-order valence-electron chi connectivity index (χ4n) is 1.80. The van der Waals surface area contributed by atoms with Crippen molar-refractivity contribution in [1.29, 1.82) is 0 Å². The van der Waals surface area contributed by atoms with E-state index >= 15 is 0 Å². The average molecular weight is 254 g/mol. The van der Waals surface area contributed by atoms with E-state index in [0.717, 1.165) is 25.1 Å². The number of halogens is 1. The number of carbonyl (C=O) groups is 1. The third-order valence-corrected chi connectivity index (χ3v) is 3.23. The Labute approximate surface area is 106 Å². The van der Waals surface area contributed by atoms with Gasteiger partial charge in [0.15, 0.2) is 0 Å². The van der Waals surface area contributed by atoms with Crippen LogP contribution in [0.5, 0.6) is 0 Å². The fraction of sp³-hybridized carbons (Fsp3) is 0.417. The van der Waals surface area contributed by atoms with Gasteiger partial charge in [0.2, 0.25) is 0 Å². The molecule has 1 atom stereocenters. The van der Waals surface area contributed by atoms with E-state index in [1.165, 1.54) is 0 Å². The fourth-order valence-corrected chi connectivity index (χ4v) is 1.98. The lowest BCUT2D eigenvalue weighted by Crippen LogP contribution is -2.39. The molecule has 5 heteroatoms. The van der Waals surface area contributed by atoms with Gasteiger partial charge in [-0.25, -0.2) is 4.79 Å². The Balaban J connectivity index is 1.90.